The van der Waals surface area contributed by atoms with Gasteiger partial charge in [-0.05, 0) is 62.2 Å². The molecular weight excluding hydrogens is 422 g/mol. The fourth-order valence-corrected chi connectivity index (χ4v) is 4.42. The normalized spacial score (nSPS) is 16.1. The van der Waals surface area contributed by atoms with E-state index in [0.717, 1.165) is 65.5 Å². The number of hydrogen-bond acceptors (Lipinski definition) is 6. The largest absolute Gasteiger partial charge is 0.366 e. The van der Waals surface area contributed by atoms with Crippen LogP contribution in [-0.2, 0) is 0 Å². The first-order valence-electron chi connectivity index (χ1n) is 10.6. The predicted molar refractivity (Wildman–Crippen MR) is 126 cm³/mol. The number of aromatic nitrogens is 4. The lowest BCUT2D eigenvalue weighted by molar-refractivity contribution is 0.479. The number of benzene rings is 1. The third-order valence-electron chi connectivity index (χ3n) is 5.61. The lowest BCUT2D eigenvalue weighted by Crippen LogP contribution is -2.38. The Morgan fingerprint density at radius 3 is 2.88 bits per heavy atom. The molecule has 1 atom stereocenters. The summed E-state index contributed by atoms with van der Waals surface area (Å²) in [4.78, 5) is 9.23. The summed E-state index contributed by atoms with van der Waals surface area (Å²) in [5, 5.41) is 21.6. The third kappa shape index (κ3) is 4.03. The van der Waals surface area contributed by atoms with Gasteiger partial charge in [-0.3, -0.25) is 0 Å². The second-order valence-corrected chi connectivity index (χ2v) is 8.39. The Bertz CT molecular complexity index is 1310. The minimum absolute atomic E-state index is 0.342. The van der Waals surface area contributed by atoms with E-state index in [4.69, 9.17) is 21.7 Å². The number of fused-ring (bicyclic) bond motifs is 1. The molecule has 1 aliphatic rings. The van der Waals surface area contributed by atoms with Crippen LogP contribution in [0.25, 0.3) is 28.0 Å². The van der Waals surface area contributed by atoms with Gasteiger partial charge in [-0.25, -0.2) is 14.5 Å². The molecule has 1 aromatic carbocycles. The SMILES string of the molecule is Cc1cc(-c2c(-c3cccc(C#N)c3)nn3ccc(N[C@H]4CCCNC4)nc23)cc(Cl)n1. The number of nitrogens with one attached hydrogen (secondary N) is 2. The van der Waals surface area contributed by atoms with Crippen LogP contribution in [0.2, 0.25) is 5.15 Å². The van der Waals surface area contributed by atoms with Gasteiger partial charge in [-0.2, -0.15) is 10.4 Å². The number of hydrogen-bond donors (Lipinski definition) is 2. The van der Waals surface area contributed by atoms with Gasteiger partial charge < -0.3 is 10.6 Å². The number of piperidine rings is 1. The summed E-state index contributed by atoms with van der Waals surface area (Å²) < 4.78 is 1.78. The highest BCUT2D eigenvalue weighted by atomic mass is 35.5. The molecule has 7 nitrogen and oxygen atoms in total. The van der Waals surface area contributed by atoms with E-state index in [0.29, 0.717) is 16.8 Å². The quantitative estimate of drug-likeness (QED) is 0.452. The predicted octanol–water partition coefficient (Wildman–Crippen LogP) is 4.46. The molecule has 3 aromatic heterocycles. The van der Waals surface area contributed by atoms with Crippen LogP contribution in [-0.4, -0.2) is 38.7 Å². The Balaban J connectivity index is 1.69. The zero-order valence-corrected chi connectivity index (χ0v) is 18.4. The summed E-state index contributed by atoms with van der Waals surface area (Å²) >= 11 is 6.30. The monoisotopic (exact) mass is 443 g/mol. The Morgan fingerprint density at radius 2 is 2.09 bits per heavy atom. The minimum Gasteiger partial charge on any atom is -0.366 e. The number of aryl methyl sites for hydroxylation is 1. The second-order valence-electron chi connectivity index (χ2n) is 8.00. The smallest absolute Gasteiger partial charge is 0.165 e. The van der Waals surface area contributed by atoms with E-state index in [1.165, 1.54) is 0 Å². The van der Waals surface area contributed by atoms with Crippen LogP contribution in [0, 0.1) is 18.3 Å². The van der Waals surface area contributed by atoms with Crippen LogP contribution in [0.3, 0.4) is 0 Å². The number of nitriles is 1. The van der Waals surface area contributed by atoms with Gasteiger partial charge in [0, 0.05) is 30.0 Å². The van der Waals surface area contributed by atoms with Gasteiger partial charge in [0.05, 0.1) is 17.2 Å². The van der Waals surface area contributed by atoms with Crippen molar-refractivity contribution in [1.82, 2.24) is 24.9 Å². The lowest BCUT2D eigenvalue weighted by atomic mass is 10.00. The maximum atomic E-state index is 9.37. The number of pyridine rings is 1. The Hall–Kier alpha value is -3.47. The average Bonchev–Trinajstić information content (AvgIpc) is 3.18. The van der Waals surface area contributed by atoms with E-state index in [1.807, 2.05) is 49.5 Å². The van der Waals surface area contributed by atoms with E-state index in [-0.39, 0.29) is 0 Å². The van der Waals surface area contributed by atoms with Crippen molar-refractivity contribution in [1.29, 1.82) is 5.26 Å². The molecule has 32 heavy (non-hydrogen) atoms. The lowest BCUT2D eigenvalue weighted by Gasteiger charge is -2.24. The van der Waals surface area contributed by atoms with Crippen molar-refractivity contribution in [3.05, 3.63) is 65.1 Å². The van der Waals surface area contributed by atoms with Crippen LogP contribution in [0.15, 0.2) is 48.7 Å². The fourth-order valence-electron chi connectivity index (χ4n) is 4.17. The molecule has 0 saturated carbocycles. The van der Waals surface area contributed by atoms with E-state index in [2.05, 4.69) is 21.7 Å². The highest BCUT2D eigenvalue weighted by Crippen LogP contribution is 2.36. The topological polar surface area (TPSA) is 90.9 Å². The molecule has 0 spiro atoms. The molecule has 2 N–H and O–H groups in total. The summed E-state index contributed by atoms with van der Waals surface area (Å²) in [6, 6.07) is 15.7. The van der Waals surface area contributed by atoms with E-state index in [9.17, 15) is 5.26 Å². The van der Waals surface area contributed by atoms with Gasteiger partial charge in [-0.1, -0.05) is 23.7 Å². The van der Waals surface area contributed by atoms with Crippen LogP contribution < -0.4 is 10.6 Å². The first-order valence-corrected chi connectivity index (χ1v) is 11.0. The summed E-state index contributed by atoms with van der Waals surface area (Å²) in [5.41, 5.74) is 5.45. The zero-order valence-electron chi connectivity index (χ0n) is 17.6. The molecule has 0 amide bonds. The van der Waals surface area contributed by atoms with Crippen molar-refractivity contribution in [2.75, 3.05) is 18.4 Å². The van der Waals surface area contributed by atoms with E-state index in [1.54, 1.807) is 10.6 Å². The number of nitrogens with zero attached hydrogens (tertiary/aromatic N) is 5. The molecule has 4 aromatic rings. The highest BCUT2D eigenvalue weighted by molar-refractivity contribution is 6.29. The molecular formula is C24H22ClN7. The van der Waals surface area contributed by atoms with Crippen LogP contribution in [0.4, 0.5) is 5.82 Å². The molecule has 1 fully saturated rings. The van der Waals surface area contributed by atoms with Crippen molar-refractivity contribution in [2.24, 2.45) is 0 Å². The molecule has 160 valence electrons. The summed E-state index contributed by atoms with van der Waals surface area (Å²) in [6.07, 6.45) is 4.17. The van der Waals surface area contributed by atoms with Crippen LogP contribution in [0.5, 0.6) is 0 Å². The summed E-state index contributed by atoms with van der Waals surface area (Å²) in [6.45, 7) is 3.89. The Kier molecular flexibility index (Phi) is 5.48. The average molecular weight is 444 g/mol. The van der Waals surface area contributed by atoms with Gasteiger partial charge in [0.2, 0.25) is 0 Å². The van der Waals surface area contributed by atoms with Gasteiger partial charge in [0.15, 0.2) is 5.65 Å². The Morgan fingerprint density at radius 1 is 1.19 bits per heavy atom. The van der Waals surface area contributed by atoms with Crippen LogP contribution >= 0.6 is 11.6 Å². The molecule has 5 rings (SSSR count). The number of anilines is 1. The van der Waals surface area contributed by atoms with E-state index >= 15 is 0 Å². The minimum atomic E-state index is 0.342. The second kappa shape index (κ2) is 8.58. The molecule has 8 heteroatoms. The zero-order chi connectivity index (χ0) is 22.1. The molecule has 0 unspecified atom stereocenters. The summed E-state index contributed by atoms with van der Waals surface area (Å²) in [5.74, 6) is 0.807. The van der Waals surface area contributed by atoms with Gasteiger partial charge in [0.25, 0.3) is 0 Å². The maximum absolute atomic E-state index is 9.37. The molecule has 1 aliphatic heterocycles. The molecule has 0 radical (unpaired) electrons. The van der Waals surface area contributed by atoms with Crippen LogP contribution in [0.1, 0.15) is 24.1 Å². The fraction of sp³-hybridized carbons (Fsp3) is 0.250. The van der Waals surface area contributed by atoms with Gasteiger partial charge >= 0.3 is 0 Å². The van der Waals surface area contributed by atoms with Gasteiger partial charge in [0.1, 0.15) is 16.7 Å². The van der Waals surface area contributed by atoms with Crippen molar-refractivity contribution in [3.8, 4) is 28.5 Å². The van der Waals surface area contributed by atoms with Crippen molar-refractivity contribution in [3.63, 3.8) is 0 Å². The Labute approximate surface area is 191 Å². The van der Waals surface area contributed by atoms with E-state index < -0.39 is 0 Å². The highest BCUT2D eigenvalue weighted by Gasteiger charge is 2.20. The first-order chi connectivity index (χ1) is 15.6. The first kappa shape index (κ1) is 20.4. The molecule has 4 heterocycles. The molecule has 1 saturated heterocycles. The standard InChI is InChI=1S/C24H22ClN7/c1-15-10-18(12-20(25)28-15)22-23(17-5-2-4-16(11-17)13-26)31-32-9-7-21(30-24(22)32)29-19-6-3-8-27-14-19/h2,4-5,7,9-12,19,27H,3,6,8,14H2,1H3,(H,29,30)/t19-/m0/s1. The molecule has 0 bridgehead atoms. The van der Waals surface area contributed by atoms with Gasteiger partial charge in [-0.15, -0.1) is 0 Å². The number of halogens is 1. The van der Waals surface area contributed by atoms with Crippen molar-refractivity contribution in [2.45, 2.75) is 25.8 Å². The summed E-state index contributed by atoms with van der Waals surface area (Å²) in [7, 11) is 0. The van der Waals surface area contributed by atoms with Crippen molar-refractivity contribution >= 4 is 23.1 Å². The third-order valence-corrected chi connectivity index (χ3v) is 5.80. The van der Waals surface area contributed by atoms with Crippen molar-refractivity contribution < 1.29 is 0 Å². The maximum Gasteiger partial charge on any atom is 0.165 e. The molecule has 0 aliphatic carbocycles. The number of rotatable bonds is 4.